The van der Waals surface area contributed by atoms with Crippen LogP contribution in [0.25, 0.3) is 0 Å². The fraction of sp³-hybridized carbons (Fsp3) is 1.00. The third-order valence-corrected chi connectivity index (χ3v) is 3.12. The highest BCUT2D eigenvalue weighted by atomic mass is 19.4. The van der Waals surface area contributed by atoms with E-state index in [0.717, 1.165) is 0 Å². The summed E-state index contributed by atoms with van der Waals surface area (Å²) in [5.74, 6) is -5.52. The lowest BCUT2D eigenvalue weighted by Gasteiger charge is -2.38. The van der Waals surface area contributed by atoms with Crippen LogP contribution in [0.5, 0.6) is 0 Å². The Morgan fingerprint density at radius 3 is 1.44 bits per heavy atom. The summed E-state index contributed by atoms with van der Waals surface area (Å²) < 4.78 is 167. The first-order valence-corrected chi connectivity index (χ1v) is 6.05. The maximum absolute atomic E-state index is 13.8. The van der Waals surface area contributed by atoms with Crippen LogP contribution >= 0.6 is 0 Å². The molecule has 0 aliphatic heterocycles. The Balaban J connectivity index is 5.62. The molecule has 5 unspecified atom stereocenters. The van der Waals surface area contributed by atoms with E-state index in [1.807, 2.05) is 0 Å². The van der Waals surface area contributed by atoms with Gasteiger partial charge in [-0.05, 0) is 13.8 Å². The topological polar surface area (TPSA) is 12.5 Å². The van der Waals surface area contributed by atoms with Gasteiger partial charge in [-0.3, -0.25) is 0 Å². The van der Waals surface area contributed by atoms with Crippen LogP contribution < -0.4 is 0 Å². The Hall–Kier alpha value is -0.990. The highest BCUT2D eigenvalue weighted by Gasteiger charge is 2.69. The molecule has 25 heavy (non-hydrogen) atoms. The second kappa shape index (κ2) is 7.32. The summed E-state index contributed by atoms with van der Waals surface area (Å²) in [6.07, 6.45) is -29.1. The Labute approximate surface area is 131 Å². The minimum Gasteiger partial charge on any atom is -0.365 e. The number of ether oxygens (including phenoxy) is 1. The van der Waals surface area contributed by atoms with Gasteiger partial charge in [0.15, 0.2) is 0 Å². The monoisotopic (exact) mass is 407 g/mol. The summed E-state index contributed by atoms with van der Waals surface area (Å²) in [6.45, 7) is -0.196. The fourth-order valence-corrected chi connectivity index (χ4v) is 1.62. The second-order valence-electron chi connectivity index (χ2n) is 4.86. The number of hydrogen-bond donors (Lipinski definition) is 0. The average molecular weight is 407 g/mol. The predicted molar refractivity (Wildman–Crippen MR) is 54.8 cm³/mol. The molecule has 15 heteroatoms. The van der Waals surface area contributed by atoms with E-state index in [0.29, 0.717) is 0 Å². The van der Waals surface area contributed by atoms with Crippen LogP contribution in [0.15, 0.2) is 0 Å². The van der Waals surface area contributed by atoms with Crippen LogP contribution in [0.4, 0.5) is 57.3 Å². The van der Waals surface area contributed by atoms with Crippen LogP contribution in [-0.4, -0.2) is 54.0 Å². The van der Waals surface area contributed by atoms with Gasteiger partial charge in [-0.25, -0.2) is 22.0 Å². The lowest BCUT2D eigenvalue weighted by molar-refractivity contribution is -0.357. The smallest absolute Gasteiger partial charge is 0.365 e. The van der Waals surface area contributed by atoms with E-state index < -0.39 is 54.0 Å². The summed E-state index contributed by atoms with van der Waals surface area (Å²) in [7, 11) is 0. The van der Waals surface area contributed by atoms with Gasteiger partial charge in [0.1, 0.15) is 12.2 Å². The first-order valence-electron chi connectivity index (χ1n) is 6.05. The average Bonchev–Trinajstić information content (AvgIpc) is 2.41. The summed E-state index contributed by atoms with van der Waals surface area (Å²) in [6, 6.07) is 0. The first kappa shape index (κ1) is 24.0. The van der Waals surface area contributed by atoms with Crippen molar-refractivity contribution in [2.45, 2.75) is 62.5 Å². The summed E-state index contributed by atoms with van der Waals surface area (Å²) in [5.41, 5.74) is -5.61. The van der Waals surface area contributed by atoms with Crippen LogP contribution in [0.1, 0.15) is 13.8 Å². The number of nitrogens with zero attached hydrogens (tertiary/aromatic N) is 1. The van der Waals surface area contributed by atoms with Gasteiger partial charge in [-0.2, -0.15) is 26.3 Å². The van der Waals surface area contributed by atoms with Crippen molar-refractivity contribution in [3.8, 4) is 0 Å². The molecule has 0 heterocycles. The first-order chi connectivity index (χ1) is 10.8. The van der Waals surface area contributed by atoms with E-state index in [1.54, 1.807) is 0 Å². The molecule has 0 saturated heterocycles. The quantitative estimate of drug-likeness (QED) is 0.336. The van der Waals surface area contributed by atoms with Gasteiger partial charge in [-0.15, -0.1) is 0 Å². The van der Waals surface area contributed by atoms with Crippen molar-refractivity contribution >= 4 is 0 Å². The van der Waals surface area contributed by atoms with Gasteiger partial charge in [0.25, 0.3) is 18.1 Å². The molecule has 0 bridgehead atoms. The zero-order valence-electron chi connectivity index (χ0n) is 12.1. The van der Waals surface area contributed by atoms with Crippen molar-refractivity contribution in [1.82, 2.24) is 5.34 Å². The maximum Gasteiger partial charge on any atom is 0.429 e. The SMILES string of the molecule is CC(OC(C)C(F)(C(F)N(F)F)C(F)(F)F)C(F)(F)C(F)C(F)(F)F. The minimum absolute atomic E-state index is 0.0679. The molecule has 2 nitrogen and oxygen atoms in total. The third-order valence-electron chi connectivity index (χ3n) is 3.12. The number of rotatable bonds is 7. The van der Waals surface area contributed by atoms with Gasteiger partial charge in [-0.1, -0.05) is 8.96 Å². The van der Waals surface area contributed by atoms with Crippen LogP contribution in [-0.2, 0) is 4.74 Å². The van der Waals surface area contributed by atoms with Gasteiger partial charge in [0, 0.05) is 0 Å². The Morgan fingerprint density at radius 2 is 1.16 bits per heavy atom. The van der Waals surface area contributed by atoms with Crippen molar-refractivity contribution in [3.05, 3.63) is 0 Å². The molecule has 0 aliphatic rings. The fourth-order valence-electron chi connectivity index (χ4n) is 1.62. The molecule has 5 atom stereocenters. The lowest BCUT2D eigenvalue weighted by Crippen LogP contribution is -2.61. The van der Waals surface area contributed by atoms with E-state index in [1.165, 1.54) is 0 Å². The largest absolute Gasteiger partial charge is 0.429 e. The molecular weight excluding hydrogens is 397 g/mol. The van der Waals surface area contributed by atoms with E-state index >= 15 is 0 Å². The zero-order chi connectivity index (χ0) is 20.6. The molecule has 152 valence electrons. The van der Waals surface area contributed by atoms with E-state index in [2.05, 4.69) is 4.74 Å². The Bertz CT molecular complexity index is 436. The van der Waals surface area contributed by atoms with Gasteiger partial charge in [0.05, 0.1) is 5.34 Å². The summed E-state index contributed by atoms with van der Waals surface area (Å²) in [4.78, 5) is 0. The van der Waals surface area contributed by atoms with Crippen molar-refractivity contribution < 1.29 is 62.0 Å². The molecule has 0 saturated carbocycles. The van der Waals surface area contributed by atoms with Gasteiger partial charge in [0.2, 0.25) is 0 Å². The van der Waals surface area contributed by atoms with Gasteiger partial charge < -0.3 is 4.74 Å². The highest BCUT2D eigenvalue weighted by molar-refractivity contribution is 4.99. The lowest BCUT2D eigenvalue weighted by atomic mass is 9.97. The number of alkyl halides is 11. The van der Waals surface area contributed by atoms with Crippen molar-refractivity contribution in [2.24, 2.45) is 0 Å². The van der Waals surface area contributed by atoms with Crippen molar-refractivity contribution in [3.63, 3.8) is 0 Å². The Morgan fingerprint density at radius 1 is 0.760 bits per heavy atom. The Kier molecular flexibility index (Phi) is 7.03. The van der Waals surface area contributed by atoms with Crippen LogP contribution in [0, 0.1) is 0 Å². The van der Waals surface area contributed by atoms with E-state index in [9.17, 15) is 57.3 Å². The van der Waals surface area contributed by atoms with Crippen molar-refractivity contribution in [1.29, 1.82) is 0 Å². The molecule has 0 radical (unpaired) electrons. The predicted octanol–water partition coefficient (Wildman–Crippen LogP) is 4.95. The molecule has 0 amide bonds. The highest BCUT2D eigenvalue weighted by Crippen LogP contribution is 2.45. The number of halogens is 13. The molecule has 0 fully saturated rings. The molecule has 0 aliphatic carbocycles. The second-order valence-corrected chi connectivity index (χ2v) is 4.86. The molecule has 0 aromatic heterocycles. The van der Waals surface area contributed by atoms with E-state index in [-0.39, 0.29) is 13.8 Å². The standard InChI is InChI=1S/C10H10F13NO/c1-3(7(13,10(19,20)21)6(12)24(22)23)25-4(2)8(14,15)5(11)9(16,17)18/h3-6H,1-2H3. The van der Waals surface area contributed by atoms with E-state index in [4.69, 9.17) is 0 Å². The summed E-state index contributed by atoms with van der Waals surface area (Å²) >= 11 is 0. The third kappa shape index (κ3) is 4.80. The van der Waals surface area contributed by atoms with Gasteiger partial charge >= 0.3 is 18.3 Å². The number of hydrogen-bond acceptors (Lipinski definition) is 2. The molecule has 0 aromatic carbocycles. The van der Waals surface area contributed by atoms with Crippen LogP contribution in [0.2, 0.25) is 0 Å². The molecule has 0 rings (SSSR count). The maximum atomic E-state index is 13.8. The summed E-state index contributed by atoms with van der Waals surface area (Å²) in [5, 5.41) is -2.87. The minimum atomic E-state index is -6.43. The zero-order valence-corrected chi connectivity index (χ0v) is 12.1. The molecule has 0 spiro atoms. The van der Waals surface area contributed by atoms with Crippen molar-refractivity contribution in [2.75, 3.05) is 0 Å². The molecular formula is C10H10F13NO. The normalized spacial score (nSPS) is 21.6. The van der Waals surface area contributed by atoms with Crippen LogP contribution in [0.3, 0.4) is 0 Å². The molecule has 0 aromatic rings. The molecule has 0 N–H and O–H groups in total.